The van der Waals surface area contributed by atoms with E-state index in [9.17, 15) is 4.79 Å². The van der Waals surface area contributed by atoms with Gasteiger partial charge in [-0.2, -0.15) is 0 Å². The third-order valence-corrected chi connectivity index (χ3v) is 3.87. The van der Waals surface area contributed by atoms with Gasteiger partial charge in [0.15, 0.2) is 0 Å². The lowest BCUT2D eigenvalue weighted by atomic mass is 9.89. The number of hydrogen-bond acceptors (Lipinski definition) is 4. The lowest BCUT2D eigenvalue weighted by Gasteiger charge is -2.18. The average Bonchev–Trinajstić information content (AvgIpc) is 2.78. The van der Waals surface area contributed by atoms with E-state index in [1.807, 2.05) is 0 Å². The number of H-pyrrole nitrogens is 1. The van der Waals surface area contributed by atoms with Crippen LogP contribution in [-0.2, 0) is 4.79 Å². The molecular formula is C11H17N3O2S. The predicted molar refractivity (Wildman–Crippen MR) is 65.2 cm³/mol. The summed E-state index contributed by atoms with van der Waals surface area (Å²) in [5.41, 5.74) is 0. The van der Waals surface area contributed by atoms with E-state index in [4.69, 9.17) is 5.11 Å². The molecule has 1 aliphatic carbocycles. The maximum atomic E-state index is 10.4. The molecule has 5 nitrogen and oxygen atoms in total. The quantitative estimate of drug-likeness (QED) is 0.790. The minimum Gasteiger partial charge on any atom is -0.481 e. The van der Waals surface area contributed by atoms with Crippen molar-refractivity contribution in [3.63, 3.8) is 0 Å². The van der Waals surface area contributed by atoms with Gasteiger partial charge in [0.1, 0.15) is 5.82 Å². The van der Waals surface area contributed by atoms with Gasteiger partial charge >= 0.3 is 5.97 Å². The zero-order valence-corrected chi connectivity index (χ0v) is 10.5. The fraction of sp³-hybridized carbons (Fsp3) is 0.727. The Morgan fingerprint density at radius 2 is 2.18 bits per heavy atom. The van der Waals surface area contributed by atoms with Crippen molar-refractivity contribution in [3.8, 4) is 0 Å². The Labute approximate surface area is 104 Å². The second-order valence-electron chi connectivity index (χ2n) is 4.33. The molecule has 0 aliphatic heterocycles. The molecule has 1 aromatic heterocycles. The number of nitrogens with zero attached hydrogens (tertiary/aromatic N) is 2. The Balaban J connectivity index is 1.84. The number of aromatic amines is 1. The van der Waals surface area contributed by atoms with Crippen molar-refractivity contribution in [2.24, 2.45) is 0 Å². The second-order valence-corrected chi connectivity index (χ2v) is 5.39. The second kappa shape index (κ2) is 6.05. The maximum Gasteiger partial charge on any atom is 0.304 e. The summed E-state index contributed by atoms with van der Waals surface area (Å²) in [5.74, 6) is 1.24. The van der Waals surface area contributed by atoms with Crippen LogP contribution in [0.3, 0.4) is 0 Å². The zero-order chi connectivity index (χ0) is 12.1. The van der Waals surface area contributed by atoms with Crippen LogP contribution >= 0.6 is 11.8 Å². The molecule has 94 valence electrons. The normalized spacial score (nSPS) is 17.2. The number of aromatic nitrogens is 3. The summed E-state index contributed by atoms with van der Waals surface area (Å²) < 4.78 is 0. The van der Waals surface area contributed by atoms with Crippen LogP contribution in [-0.4, -0.2) is 32.0 Å². The third kappa shape index (κ3) is 3.73. The number of aliphatic carboxylic acids is 1. The van der Waals surface area contributed by atoms with E-state index in [0.717, 1.165) is 5.82 Å². The molecule has 0 unspecified atom stereocenters. The Hall–Kier alpha value is -1.04. The van der Waals surface area contributed by atoms with Crippen LogP contribution in [0.1, 0.15) is 50.3 Å². The minimum absolute atomic E-state index is 0.151. The van der Waals surface area contributed by atoms with Gasteiger partial charge in [-0.3, -0.25) is 9.89 Å². The summed E-state index contributed by atoms with van der Waals surface area (Å²) in [4.78, 5) is 14.8. The number of rotatable bonds is 5. The van der Waals surface area contributed by atoms with Crippen LogP contribution in [0.2, 0.25) is 0 Å². The average molecular weight is 255 g/mol. The zero-order valence-electron chi connectivity index (χ0n) is 9.69. The van der Waals surface area contributed by atoms with Gasteiger partial charge in [-0.05, 0) is 12.8 Å². The van der Waals surface area contributed by atoms with Gasteiger partial charge in [-0.25, -0.2) is 4.98 Å². The topological polar surface area (TPSA) is 78.9 Å². The first-order valence-corrected chi connectivity index (χ1v) is 7.01. The van der Waals surface area contributed by atoms with Crippen LogP contribution in [0, 0.1) is 0 Å². The smallest absolute Gasteiger partial charge is 0.304 e. The number of carbonyl (C=O) groups is 1. The van der Waals surface area contributed by atoms with Gasteiger partial charge in [0.05, 0.1) is 6.42 Å². The Morgan fingerprint density at radius 1 is 1.41 bits per heavy atom. The summed E-state index contributed by atoms with van der Waals surface area (Å²) in [6.07, 6.45) is 6.39. The molecule has 1 fully saturated rings. The van der Waals surface area contributed by atoms with Crippen LogP contribution in [0.5, 0.6) is 0 Å². The first-order valence-electron chi connectivity index (χ1n) is 6.02. The molecule has 0 saturated heterocycles. The molecule has 0 aromatic carbocycles. The van der Waals surface area contributed by atoms with E-state index in [0.29, 0.717) is 16.8 Å². The van der Waals surface area contributed by atoms with Gasteiger partial charge in [-0.15, -0.1) is 5.10 Å². The first kappa shape index (κ1) is 12.4. The molecule has 0 radical (unpaired) electrons. The van der Waals surface area contributed by atoms with Crippen molar-refractivity contribution < 1.29 is 9.90 Å². The Morgan fingerprint density at radius 3 is 2.88 bits per heavy atom. The van der Waals surface area contributed by atoms with Gasteiger partial charge in [0.25, 0.3) is 0 Å². The van der Waals surface area contributed by atoms with Crippen molar-refractivity contribution in [1.82, 2.24) is 15.2 Å². The molecule has 1 aromatic rings. The third-order valence-electron chi connectivity index (χ3n) is 3.02. The number of carboxylic acid groups (broad SMARTS) is 1. The molecule has 6 heteroatoms. The highest BCUT2D eigenvalue weighted by Gasteiger charge is 2.19. The minimum atomic E-state index is -0.777. The lowest BCUT2D eigenvalue weighted by molar-refractivity contribution is -0.136. The largest absolute Gasteiger partial charge is 0.481 e. The standard InChI is InChI=1S/C11H17N3O2S/c15-9(16)6-7-17-11-12-10(13-14-11)8-4-2-1-3-5-8/h8H,1-7H2,(H,15,16)(H,12,13,14). The SMILES string of the molecule is O=C(O)CCSc1n[nH]c(C2CCCCC2)n1. The van der Waals surface area contributed by atoms with Crippen molar-refractivity contribution in [1.29, 1.82) is 0 Å². The molecule has 1 heterocycles. The fourth-order valence-electron chi connectivity index (χ4n) is 2.11. The van der Waals surface area contributed by atoms with Crippen molar-refractivity contribution in [2.75, 3.05) is 5.75 Å². The summed E-state index contributed by atoms with van der Waals surface area (Å²) in [5, 5.41) is 16.3. The first-order chi connectivity index (χ1) is 8.25. The Bertz CT molecular complexity index is 375. The number of nitrogens with one attached hydrogen (secondary N) is 1. The van der Waals surface area contributed by atoms with E-state index in [-0.39, 0.29) is 6.42 Å². The Kier molecular flexibility index (Phi) is 4.42. The molecular weight excluding hydrogens is 238 g/mol. The lowest BCUT2D eigenvalue weighted by Crippen LogP contribution is -2.06. The molecule has 0 spiro atoms. The van der Waals surface area contributed by atoms with E-state index >= 15 is 0 Å². The summed E-state index contributed by atoms with van der Waals surface area (Å²) in [7, 11) is 0. The predicted octanol–water partition coefficient (Wildman–Crippen LogP) is 2.42. The van der Waals surface area contributed by atoms with Crippen molar-refractivity contribution >= 4 is 17.7 Å². The summed E-state index contributed by atoms with van der Waals surface area (Å²) >= 11 is 1.40. The highest BCUT2D eigenvalue weighted by molar-refractivity contribution is 7.99. The van der Waals surface area contributed by atoms with Gasteiger partial charge in [0.2, 0.25) is 5.16 Å². The van der Waals surface area contributed by atoms with E-state index in [1.54, 1.807) is 0 Å². The molecule has 0 bridgehead atoms. The van der Waals surface area contributed by atoms with Crippen molar-refractivity contribution in [2.45, 2.75) is 49.6 Å². The van der Waals surface area contributed by atoms with Gasteiger partial charge in [-0.1, -0.05) is 31.0 Å². The molecule has 2 rings (SSSR count). The van der Waals surface area contributed by atoms with E-state index < -0.39 is 5.97 Å². The van der Waals surface area contributed by atoms with Crippen LogP contribution in [0.15, 0.2) is 5.16 Å². The maximum absolute atomic E-state index is 10.4. The summed E-state index contributed by atoms with van der Waals surface area (Å²) in [6, 6.07) is 0. The molecule has 1 aliphatic rings. The highest BCUT2D eigenvalue weighted by Crippen LogP contribution is 2.31. The monoisotopic (exact) mass is 255 g/mol. The fourth-order valence-corrected chi connectivity index (χ4v) is 2.84. The number of thioether (sulfide) groups is 1. The number of carboxylic acids is 1. The van der Waals surface area contributed by atoms with Gasteiger partial charge in [0, 0.05) is 11.7 Å². The van der Waals surface area contributed by atoms with E-state index in [2.05, 4.69) is 15.2 Å². The summed E-state index contributed by atoms with van der Waals surface area (Å²) in [6.45, 7) is 0. The highest BCUT2D eigenvalue weighted by atomic mass is 32.2. The van der Waals surface area contributed by atoms with Crippen LogP contribution in [0.4, 0.5) is 0 Å². The molecule has 17 heavy (non-hydrogen) atoms. The van der Waals surface area contributed by atoms with Crippen LogP contribution < -0.4 is 0 Å². The molecule has 2 N–H and O–H groups in total. The van der Waals surface area contributed by atoms with Crippen molar-refractivity contribution in [3.05, 3.63) is 5.82 Å². The van der Waals surface area contributed by atoms with Gasteiger partial charge < -0.3 is 5.11 Å². The van der Waals surface area contributed by atoms with Crippen LogP contribution in [0.25, 0.3) is 0 Å². The number of hydrogen-bond donors (Lipinski definition) is 2. The molecule has 0 amide bonds. The van der Waals surface area contributed by atoms with E-state index in [1.165, 1.54) is 43.9 Å². The molecule has 0 atom stereocenters. The molecule has 1 saturated carbocycles.